The number of fused-ring (bicyclic) bond motifs is 4. The number of nitriles is 1. The average molecular weight is 900 g/mol. The molecule has 6 aromatic rings. The van der Waals surface area contributed by atoms with E-state index in [9.17, 15) is 10.1 Å². The third-order valence-corrected chi connectivity index (χ3v) is 12.8. The molecule has 4 heterocycles. The number of ether oxygens (including phenoxy) is 4. The maximum absolute atomic E-state index is 12.9. The fourth-order valence-corrected chi connectivity index (χ4v) is 9.16. The van der Waals surface area contributed by atoms with E-state index in [1.165, 1.54) is 11.1 Å². The van der Waals surface area contributed by atoms with E-state index >= 15 is 0 Å². The number of aliphatic imine (C=N–C) groups is 1. The molecule has 4 unspecified atom stereocenters. The Bertz CT molecular complexity index is 3040. The Morgan fingerprint density at radius 3 is 1.60 bits per heavy atom. The van der Waals surface area contributed by atoms with Crippen LogP contribution in [0.1, 0.15) is 39.9 Å². The number of para-hydroxylation sites is 2. The largest absolute Gasteiger partial charge is 0.493 e. The van der Waals surface area contributed by atoms with Crippen LogP contribution in [-0.4, -0.2) is 51.0 Å². The Morgan fingerprint density at radius 1 is 0.612 bits per heavy atom. The second-order valence-electron chi connectivity index (χ2n) is 17.8. The number of nitrogens with zero attached hydrogens (tertiary/aromatic N) is 5. The van der Waals surface area contributed by atoms with E-state index in [1.54, 1.807) is 12.1 Å². The number of rotatable bonds is 5. The molecule has 4 aliphatic heterocycles. The molecule has 0 aliphatic carbocycles. The molecule has 10 rings (SSSR count). The van der Waals surface area contributed by atoms with Gasteiger partial charge in [-0.25, -0.2) is 9.69 Å². The molecule has 332 valence electrons. The third kappa shape index (κ3) is 10.9. The van der Waals surface area contributed by atoms with Crippen LogP contribution in [0.3, 0.4) is 0 Å². The van der Waals surface area contributed by atoms with Gasteiger partial charge >= 0.3 is 0 Å². The summed E-state index contributed by atoms with van der Waals surface area (Å²) in [5.41, 5.74) is 9.46. The number of Topliss-reactive ketones (excluding diaryl/α,β-unsaturated/α-hetero) is 1. The first-order valence-electron chi connectivity index (χ1n) is 22.2. The summed E-state index contributed by atoms with van der Waals surface area (Å²) >= 11 is 0. The number of carbonyl (C=O) groups is 1. The number of hydrogen-bond donors (Lipinski definition) is 0. The highest BCUT2D eigenvalue weighted by atomic mass is 28.3. The summed E-state index contributed by atoms with van der Waals surface area (Å²) in [5.74, 6) is 6.20. The van der Waals surface area contributed by atoms with Gasteiger partial charge in [0.05, 0.1) is 37.6 Å². The second kappa shape index (κ2) is 20.4. The molecule has 0 N–H and O–H groups in total. The van der Waals surface area contributed by atoms with Crippen LogP contribution in [0.5, 0.6) is 23.0 Å². The minimum absolute atomic E-state index is 0.0956. The van der Waals surface area contributed by atoms with Gasteiger partial charge in [0.2, 0.25) is 6.19 Å². The minimum Gasteiger partial charge on any atom is -0.493 e. The molecular formula is C56H49N5O5Si. The zero-order valence-electron chi connectivity index (χ0n) is 37.7. The van der Waals surface area contributed by atoms with Crippen molar-refractivity contribution in [3.63, 3.8) is 0 Å². The highest BCUT2D eigenvalue weighted by molar-refractivity contribution is 6.75. The van der Waals surface area contributed by atoms with Crippen molar-refractivity contribution in [1.29, 1.82) is 5.26 Å². The van der Waals surface area contributed by atoms with Gasteiger partial charge in [0.1, 0.15) is 35.2 Å². The Morgan fingerprint density at radius 2 is 1.10 bits per heavy atom. The zero-order valence-corrected chi connectivity index (χ0v) is 38.7. The van der Waals surface area contributed by atoms with Gasteiger partial charge in [-0.3, -0.25) is 9.45 Å². The summed E-state index contributed by atoms with van der Waals surface area (Å²) < 4.78 is 28.5. The van der Waals surface area contributed by atoms with Crippen molar-refractivity contribution < 1.29 is 23.7 Å². The first kappa shape index (κ1) is 45.6. The van der Waals surface area contributed by atoms with Crippen molar-refractivity contribution in [1.82, 2.24) is 0 Å². The fourth-order valence-electron chi connectivity index (χ4n) is 8.69. The van der Waals surface area contributed by atoms with Crippen LogP contribution >= 0.6 is 0 Å². The Labute approximate surface area is 393 Å². The maximum atomic E-state index is 12.9. The summed E-state index contributed by atoms with van der Waals surface area (Å²) in [6, 6.07) is 42.7. The highest BCUT2D eigenvalue weighted by Crippen LogP contribution is 2.40. The first-order valence-corrected chi connectivity index (χ1v) is 25.7. The SMILES string of the molecule is C=C=N[Si](C)(C)C.[C-]#[N+]c1cccc(-c2ccc3c(c2)C(=NC#N)CC(C2COc4ccccc4C2)O3)c1.[C-]#[N+]c1cccc(-c2ccc3c(c2)C(=O)CC(C2COc4ccccc4C2)O3)c1. The van der Waals surface area contributed by atoms with Crippen molar-refractivity contribution in [3.8, 4) is 51.4 Å². The number of ketones is 1. The Hall–Kier alpha value is -8.00. The summed E-state index contributed by atoms with van der Waals surface area (Å²) in [7, 11) is -1.21. The average Bonchev–Trinajstić information content (AvgIpc) is 3.36. The van der Waals surface area contributed by atoms with Crippen LogP contribution < -0.4 is 18.9 Å². The lowest BCUT2D eigenvalue weighted by Gasteiger charge is -2.35. The van der Waals surface area contributed by atoms with Crippen molar-refractivity contribution in [2.24, 2.45) is 21.5 Å². The molecule has 0 saturated heterocycles. The van der Waals surface area contributed by atoms with Crippen LogP contribution in [0, 0.1) is 36.4 Å². The topological polar surface area (TPSA) is 111 Å². The summed E-state index contributed by atoms with van der Waals surface area (Å²) in [4.78, 5) is 24.1. The molecule has 0 fully saturated rings. The van der Waals surface area contributed by atoms with E-state index in [2.05, 4.69) is 63.6 Å². The lowest BCUT2D eigenvalue weighted by atomic mass is 9.86. The molecule has 6 aromatic carbocycles. The standard InChI is InChI=1S/C26H19N3O2.C25H19NO3.C5H11NSi/c1-28-21-7-4-6-17(12-21)18-9-10-25-22(13-18)23(29-16-27)14-26(31-25)20-11-19-5-2-3-8-24(19)30-15-20;1-26-20-7-4-6-16(12-20)17-9-10-24-21(13-17)22(27)14-25(29-24)19-11-18-5-2-3-8-23(18)28-15-19;1-5-6-7(2,3)4/h2-10,12-13,20,26H,11,14-15H2;2-10,12-13,19,25H,11,14-15H2;1H2,2-4H3. The van der Waals surface area contributed by atoms with Gasteiger partial charge in [0.25, 0.3) is 0 Å². The van der Waals surface area contributed by atoms with E-state index in [-0.39, 0.29) is 29.8 Å². The van der Waals surface area contributed by atoms with Gasteiger partial charge in [-0.15, -0.1) is 0 Å². The summed E-state index contributed by atoms with van der Waals surface area (Å²) in [6.45, 7) is 25.4. The summed E-state index contributed by atoms with van der Waals surface area (Å²) in [5, 5.41) is 9.29. The van der Waals surface area contributed by atoms with E-state index < -0.39 is 8.24 Å². The smallest absolute Gasteiger partial charge is 0.205 e. The molecule has 67 heavy (non-hydrogen) atoms. The van der Waals surface area contributed by atoms with Gasteiger partial charge < -0.3 is 18.9 Å². The third-order valence-electron chi connectivity index (χ3n) is 12.0. The van der Waals surface area contributed by atoms with E-state index in [1.807, 2.05) is 115 Å². The van der Waals surface area contributed by atoms with Gasteiger partial charge in [-0.2, -0.15) is 10.3 Å². The zero-order chi connectivity index (χ0) is 46.9. The molecule has 0 spiro atoms. The maximum Gasteiger partial charge on any atom is 0.205 e. The molecule has 10 nitrogen and oxygen atoms in total. The number of carbonyl (C=O) groups excluding carboxylic acids is 1. The summed E-state index contributed by atoms with van der Waals surface area (Å²) in [6.07, 6.45) is 4.31. The normalized spacial score (nSPS) is 19.1. The van der Waals surface area contributed by atoms with Crippen LogP contribution in [0.2, 0.25) is 19.6 Å². The molecular weight excluding hydrogens is 851 g/mol. The van der Waals surface area contributed by atoms with Gasteiger partial charge in [-0.05, 0) is 127 Å². The highest BCUT2D eigenvalue weighted by Gasteiger charge is 2.36. The monoisotopic (exact) mass is 899 g/mol. The molecule has 0 bridgehead atoms. The van der Waals surface area contributed by atoms with Crippen LogP contribution in [-0.2, 0) is 12.8 Å². The predicted molar refractivity (Wildman–Crippen MR) is 265 cm³/mol. The molecule has 0 saturated carbocycles. The van der Waals surface area contributed by atoms with Gasteiger partial charge in [0, 0.05) is 30.2 Å². The Balaban J connectivity index is 0.000000160. The predicted octanol–water partition coefficient (Wildman–Crippen LogP) is 12.7. The molecule has 4 aliphatic rings. The fraction of sp³-hybridized carbons (Fsp3) is 0.232. The van der Waals surface area contributed by atoms with Gasteiger partial charge in [0.15, 0.2) is 25.4 Å². The van der Waals surface area contributed by atoms with Crippen LogP contribution in [0.4, 0.5) is 11.4 Å². The van der Waals surface area contributed by atoms with Crippen molar-refractivity contribution in [2.45, 2.75) is 57.5 Å². The lowest BCUT2D eigenvalue weighted by molar-refractivity contribution is 0.0566. The van der Waals surface area contributed by atoms with Crippen molar-refractivity contribution in [2.75, 3.05) is 13.2 Å². The first-order chi connectivity index (χ1) is 32.5. The van der Waals surface area contributed by atoms with E-state index in [4.69, 9.17) is 32.1 Å². The van der Waals surface area contributed by atoms with Gasteiger partial charge in [-0.1, -0.05) is 84.9 Å². The van der Waals surface area contributed by atoms with Crippen molar-refractivity contribution >= 4 is 37.0 Å². The molecule has 0 amide bonds. The van der Waals surface area contributed by atoms with E-state index in [0.717, 1.165) is 63.6 Å². The molecule has 11 heteroatoms. The van der Waals surface area contributed by atoms with Crippen LogP contribution in [0.15, 0.2) is 150 Å². The van der Waals surface area contributed by atoms with Crippen LogP contribution in [0.25, 0.3) is 31.9 Å². The lowest BCUT2D eigenvalue weighted by Crippen LogP contribution is -2.39. The number of benzene rings is 6. The van der Waals surface area contributed by atoms with E-state index in [0.29, 0.717) is 48.7 Å². The Kier molecular flexibility index (Phi) is 13.9. The molecule has 0 aromatic heterocycles. The number of hydrogen-bond acceptors (Lipinski definition) is 8. The molecule has 4 atom stereocenters. The quantitative estimate of drug-likeness (QED) is 0.0737. The second-order valence-corrected chi connectivity index (χ2v) is 22.3. The van der Waals surface area contributed by atoms with Crippen molar-refractivity contribution in [3.05, 3.63) is 185 Å². The minimum atomic E-state index is -1.21. The molecule has 0 radical (unpaired) electrons.